The Bertz CT molecular complexity index is 694. The molecule has 23 heavy (non-hydrogen) atoms. The zero-order valence-electron chi connectivity index (χ0n) is 13.4. The monoisotopic (exact) mass is 315 g/mol. The van der Waals surface area contributed by atoms with Crippen LogP contribution in [-0.2, 0) is 4.74 Å². The smallest absolute Gasteiger partial charge is 0.254 e. The first-order chi connectivity index (χ1) is 11.1. The molecule has 2 heterocycles. The Labute approximate surface area is 135 Å². The van der Waals surface area contributed by atoms with Gasteiger partial charge in [-0.3, -0.25) is 4.79 Å². The maximum Gasteiger partial charge on any atom is 0.254 e. The number of benzene rings is 1. The lowest BCUT2D eigenvalue weighted by atomic mass is 10.1. The maximum absolute atomic E-state index is 12.7. The first-order valence-electron chi connectivity index (χ1n) is 7.84. The molecule has 1 N–H and O–H groups in total. The van der Waals surface area contributed by atoms with Gasteiger partial charge in [0.2, 0.25) is 0 Å². The zero-order chi connectivity index (χ0) is 16.4. The number of hydrogen-bond donors (Lipinski definition) is 1. The Morgan fingerprint density at radius 3 is 2.87 bits per heavy atom. The van der Waals surface area contributed by atoms with Gasteiger partial charge in [0.05, 0.1) is 6.10 Å². The number of aryl methyl sites for hydroxylation is 1. The third kappa shape index (κ3) is 3.30. The maximum atomic E-state index is 12.7. The van der Waals surface area contributed by atoms with E-state index in [1.807, 2.05) is 44.2 Å². The van der Waals surface area contributed by atoms with E-state index in [-0.39, 0.29) is 12.0 Å². The number of aliphatic hydroxyl groups is 1. The molecule has 2 unspecified atom stereocenters. The van der Waals surface area contributed by atoms with Crippen molar-refractivity contribution < 1.29 is 19.1 Å². The van der Waals surface area contributed by atoms with Gasteiger partial charge in [-0.15, -0.1) is 0 Å². The van der Waals surface area contributed by atoms with Crippen molar-refractivity contribution in [2.24, 2.45) is 0 Å². The van der Waals surface area contributed by atoms with Crippen LogP contribution in [0.3, 0.4) is 0 Å². The molecule has 1 fully saturated rings. The van der Waals surface area contributed by atoms with Gasteiger partial charge in [0.15, 0.2) is 0 Å². The summed E-state index contributed by atoms with van der Waals surface area (Å²) in [6.45, 7) is 5.01. The van der Waals surface area contributed by atoms with Crippen LogP contribution in [0.25, 0.3) is 11.3 Å². The summed E-state index contributed by atoms with van der Waals surface area (Å²) in [7, 11) is 0. The number of hydrogen-bond acceptors (Lipinski definition) is 4. The van der Waals surface area contributed by atoms with Crippen molar-refractivity contribution in [1.82, 2.24) is 4.90 Å². The number of carbonyl (C=O) groups is 1. The largest absolute Gasteiger partial charge is 0.461 e. The number of amides is 1. The second-order valence-corrected chi connectivity index (χ2v) is 5.76. The molecule has 3 rings (SSSR count). The van der Waals surface area contributed by atoms with Crippen molar-refractivity contribution in [1.29, 1.82) is 0 Å². The number of ether oxygens (including phenoxy) is 1. The van der Waals surface area contributed by atoms with Crippen molar-refractivity contribution in [3.05, 3.63) is 47.7 Å². The first-order valence-corrected chi connectivity index (χ1v) is 7.84. The van der Waals surface area contributed by atoms with E-state index in [4.69, 9.17) is 9.15 Å². The molecule has 1 aromatic carbocycles. The van der Waals surface area contributed by atoms with Crippen molar-refractivity contribution in [2.45, 2.75) is 26.1 Å². The topological polar surface area (TPSA) is 62.9 Å². The molecule has 0 radical (unpaired) electrons. The number of furan rings is 1. The van der Waals surface area contributed by atoms with Crippen LogP contribution in [0.5, 0.6) is 0 Å². The molecule has 5 nitrogen and oxygen atoms in total. The lowest BCUT2D eigenvalue weighted by molar-refractivity contribution is -0.00237. The molecular weight excluding hydrogens is 294 g/mol. The highest BCUT2D eigenvalue weighted by Crippen LogP contribution is 2.24. The predicted octanol–water partition coefficient (Wildman–Crippen LogP) is 2.48. The van der Waals surface area contributed by atoms with Crippen molar-refractivity contribution >= 4 is 5.91 Å². The molecule has 0 saturated carbocycles. The van der Waals surface area contributed by atoms with Gasteiger partial charge < -0.3 is 19.2 Å². The second-order valence-electron chi connectivity index (χ2n) is 5.76. The lowest BCUT2D eigenvalue weighted by Crippen LogP contribution is -2.30. The fourth-order valence-corrected chi connectivity index (χ4v) is 2.88. The minimum Gasteiger partial charge on any atom is -0.461 e. The Balaban J connectivity index is 1.78. The Hall–Kier alpha value is -2.11. The molecule has 0 aliphatic carbocycles. The average molecular weight is 315 g/mol. The van der Waals surface area contributed by atoms with Crippen LogP contribution in [0, 0.1) is 6.92 Å². The van der Waals surface area contributed by atoms with Crippen LogP contribution in [0.1, 0.15) is 23.0 Å². The molecule has 1 aliphatic heterocycles. The van der Waals surface area contributed by atoms with Crippen molar-refractivity contribution in [3.63, 3.8) is 0 Å². The number of β-amino-alcohol motifs (C(OH)–C–C–N with tert-alkyl or cyclic N) is 1. The molecule has 1 saturated heterocycles. The lowest BCUT2D eigenvalue weighted by Gasteiger charge is -2.16. The molecular formula is C18H21NO4. The molecule has 0 spiro atoms. The number of likely N-dealkylation sites (tertiary alicyclic amines) is 1. The number of nitrogens with zero attached hydrogens (tertiary/aromatic N) is 1. The van der Waals surface area contributed by atoms with E-state index in [0.29, 0.717) is 25.3 Å². The summed E-state index contributed by atoms with van der Waals surface area (Å²) in [5.74, 6) is 1.47. The number of rotatable bonds is 4. The molecule has 2 atom stereocenters. The van der Waals surface area contributed by atoms with E-state index < -0.39 is 6.10 Å². The molecule has 1 amide bonds. The van der Waals surface area contributed by atoms with Crippen LogP contribution in [0.2, 0.25) is 0 Å². The highest BCUT2D eigenvalue weighted by atomic mass is 16.5. The predicted molar refractivity (Wildman–Crippen MR) is 86.2 cm³/mol. The quantitative estimate of drug-likeness (QED) is 0.941. The summed E-state index contributed by atoms with van der Waals surface area (Å²) in [5.41, 5.74) is 1.45. The minimum atomic E-state index is -0.630. The average Bonchev–Trinajstić information content (AvgIpc) is 3.14. The highest BCUT2D eigenvalue weighted by Gasteiger charge is 2.34. The molecule has 1 aromatic heterocycles. The summed E-state index contributed by atoms with van der Waals surface area (Å²) >= 11 is 0. The van der Waals surface area contributed by atoms with E-state index in [2.05, 4.69) is 0 Å². The van der Waals surface area contributed by atoms with Crippen LogP contribution < -0.4 is 0 Å². The van der Waals surface area contributed by atoms with Crippen LogP contribution >= 0.6 is 0 Å². The van der Waals surface area contributed by atoms with E-state index >= 15 is 0 Å². The van der Waals surface area contributed by atoms with Crippen LogP contribution in [0.4, 0.5) is 0 Å². The van der Waals surface area contributed by atoms with Crippen LogP contribution in [0.15, 0.2) is 40.8 Å². The van der Waals surface area contributed by atoms with Crippen molar-refractivity contribution in [3.8, 4) is 11.3 Å². The second kappa shape index (κ2) is 6.56. The third-order valence-electron chi connectivity index (χ3n) is 4.04. The zero-order valence-corrected chi connectivity index (χ0v) is 13.4. The molecule has 122 valence electrons. The van der Waals surface area contributed by atoms with Gasteiger partial charge in [0, 0.05) is 30.8 Å². The van der Waals surface area contributed by atoms with Gasteiger partial charge in [-0.05, 0) is 38.1 Å². The normalized spacial score (nSPS) is 20.9. The van der Waals surface area contributed by atoms with E-state index in [1.165, 1.54) is 0 Å². The summed E-state index contributed by atoms with van der Waals surface area (Å²) in [5, 5.41) is 9.99. The van der Waals surface area contributed by atoms with Gasteiger partial charge in [0.25, 0.3) is 5.91 Å². The van der Waals surface area contributed by atoms with Gasteiger partial charge in [-0.2, -0.15) is 0 Å². The van der Waals surface area contributed by atoms with Crippen molar-refractivity contribution in [2.75, 3.05) is 19.7 Å². The van der Waals surface area contributed by atoms with Gasteiger partial charge in [-0.25, -0.2) is 0 Å². The summed E-state index contributed by atoms with van der Waals surface area (Å²) < 4.78 is 11.1. The molecule has 5 heteroatoms. The third-order valence-corrected chi connectivity index (χ3v) is 4.04. The fourth-order valence-electron chi connectivity index (χ4n) is 2.88. The van der Waals surface area contributed by atoms with Gasteiger partial charge >= 0.3 is 0 Å². The van der Waals surface area contributed by atoms with E-state index in [9.17, 15) is 9.90 Å². The highest BCUT2D eigenvalue weighted by molar-refractivity contribution is 5.95. The Morgan fingerprint density at radius 2 is 2.17 bits per heavy atom. The van der Waals surface area contributed by atoms with E-state index in [1.54, 1.807) is 11.0 Å². The SMILES string of the molecule is CCOC1CN(C(=O)c2cccc(-c3ccc(C)o3)c2)CC1O. The fraction of sp³-hybridized carbons (Fsp3) is 0.389. The molecule has 0 bridgehead atoms. The summed E-state index contributed by atoms with van der Waals surface area (Å²) in [6, 6.07) is 11.1. The minimum absolute atomic E-state index is 0.101. The standard InChI is InChI=1S/C18H21NO4/c1-3-22-17-11-19(10-15(17)20)18(21)14-6-4-5-13(9-14)16-8-7-12(2)23-16/h4-9,15,17,20H,3,10-11H2,1-2H3. The molecule has 1 aliphatic rings. The number of carbonyl (C=O) groups excluding carboxylic acids is 1. The summed E-state index contributed by atoms with van der Waals surface area (Å²) in [4.78, 5) is 14.3. The first kappa shape index (κ1) is 15.8. The Morgan fingerprint density at radius 1 is 1.35 bits per heavy atom. The van der Waals surface area contributed by atoms with Gasteiger partial charge in [-0.1, -0.05) is 12.1 Å². The number of aliphatic hydroxyl groups excluding tert-OH is 1. The Kier molecular flexibility index (Phi) is 4.50. The van der Waals surface area contributed by atoms with Gasteiger partial charge in [0.1, 0.15) is 17.6 Å². The van der Waals surface area contributed by atoms with E-state index in [0.717, 1.165) is 17.1 Å². The molecule has 2 aromatic rings. The van der Waals surface area contributed by atoms with Crippen LogP contribution in [-0.4, -0.2) is 47.8 Å². The summed E-state index contributed by atoms with van der Waals surface area (Å²) in [6.07, 6.45) is -0.935.